The second-order valence-corrected chi connectivity index (χ2v) is 7.80. The first kappa shape index (κ1) is 15.2. The molecule has 0 atom stereocenters. The number of phenols is 1. The number of fused-ring (bicyclic) bond motifs is 3. The first-order valence-corrected chi connectivity index (χ1v) is 8.52. The molecule has 4 heteroatoms. The average molecular weight is 300 g/mol. The number of hydrogen-bond acceptors (Lipinski definition) is 2. The van der Waals surface area contributed by atoms with Crippen molar-refractivity contribution in [2.75, 3.05) is 0 Å². The maximum Gasteiger partial charge on any atom is 1.00 e. The molecule has 104 valence electrons. The molecular formula is C18H14LiO2P. The van der Waals surface area contributed by atoms with Crippen LogP contribution in [0.4, 0.5) is 0 Å². The molecule has 0 unspecified atom stereocenters. The number of para-hydroxylation sites is 1. The van der Waals surface area contributed by atoms with Gasteiger partial charge < -0.3 is 11.1 Å². The van der Waals surface area contributed by atoms with Crippen molar-refractivity contribution in [1.82, 2.24) is 0 Å². The smallest absolute Gasteiger partial charge is 1.00 e. The van der Waals surface area contributed by atoms with Crippen LogP contribution in [-0.2, 0) is 4.57 Å². The predicted molar refractivity (Wildman–Crippen MR) is 87.6 cm³/mol. The Labute approximate surface area is 142 Å². The quantitative estimate of drug-likeness (QED) is 0.401. The van der Waals surface area contributed by atoms with Crippen molar-refractivity contribution in [2.24, 2.45) is 0 Å². The second-order valence-electron chi connectivity index (χ2n) is 5.13. The standard InChI is InChI=1S/C18H13O2P.Li.H/c19-15-9-3-6-12-18(15)21(20)16-10-4-1-7-13(16)14-8-2-5-11-17(14)21;;/h1-12,19H;;/q;+1;-1. The normalized spacial score (nSPS) is 13.8. The van der Waals surface area contributed by atoms with Gasteiger partial charge in [0.1, 0.15) is 5.75 Å². The molecule has 0 radical (unpaired) electrons. The summed E-state index contributed by atoms with van der Waals surface area (Å²) in [6.07, 6.45) is 0. The van der Waals surface area contributed by atoms with Crippen LogP contribution in [0.15, 0.2) is 72.8 Å². The van der Waals surface area contributed by atoms with E-state index >= 15 is 0 Å². The first-order valence-electron chi connectivity index (χ1n) is 6.81. The molecule has 4 rings (SSSR count). The molecule has 0 aromatic heterocycles. The summed E-state index contributed by atoms with van der Waals surface area (Å²) in [5.74, 6) is 0.0901. The number of benzene rings is 3. The molecule has 1 heterocycles. The topological polar surface area (TPSA) is 37.3 Å². The van der Waals surface area contributed by atoms with Crippen LogP contribution in [0.2, 0.25) is 0 Å². The summed E-state index contributed by atoms with van der Waals surface area (Å²) in [5.41, 5.74) is 2.00. The van der Waals surface area contributed by atoms with Gasteiger partial charge in [0, 0.05) is 10.6 Å². The Hall–Kier alpha value is -1.71. The largest absolute Gasteiger partial charge is 1.00 e. The number of phenolic OH excluding ortho intramolecular Hbond substituents is 1. The second kappa shape index (κ2) is 5.49. The molecule has 22 heavy (non-hydrogen) atoms. The third kappa shape index (κ3) is 1.92. The molecule has 0 saturated carbocycles. The number of aromatic hydroxyl groups is 1. The van der Waals surface area contributed by atoms with E-state index < -0.39 is 7.14 Å². The van der Waals surface area contributed by atoms with E-state index in [2.05, 4.69) is 0 Å². The van der Waals surface area contributed by atoms with Gasteiger partial charge in [-0.25, -0.2) is 0 Å². The van der Waals surface area contributed by atoms with Crippen LogP contribution in [0.3, 0.4) is 0 Å². The summed E-state index contributed by atoms with van der Waals surface area (Å²) in [4.78, 5) is 0. The van der Waals surface area contributed by atoms with E-state index in [1.807, 2.05) is 54.6 Å². The van der Waals surface area contributed by atoms with E-state index in [-0.39, 0.29) is 26.0 Å². The van der Waals surface area contributed by atoms with Crippen LogP contribution in [-0.4, -0.2) is 5.11 Å². The summed E-state index contributed by atoms with van der Waals surface area (Å²) in [5, 5.41) is 12.4. The predicted octanol–water partition coefficient (Wildman–Crippen LogP) is 0.129. The van der Waals surface area contributed by atoms with Crippen molar-refractivity contribution in [1.29, 1.82) is 0 Å². The minimum absolute atomic E-state index is 0. The fourth-order valence-electron chi connectivity index (χ4n) is 3.07. The Morgan fingerprint density at radius 1 is 0.682 bits per heavy atom. The fraction of sp³-hybridized carbons (Fsp3) is 0. The molecule has 0 aliphatic carbocycles. The van der Waals surface area contributed by atoms with Crippen molar-refractivity contribution in [3.05, 3.63) is 72.8 Å². The van der Waals surface area contributed by atoms with E-state index in [4.69, 9.17) is 0 Å². The molecule has 0 fully saturated rings. The van der Waals surface area contributed by atoms with Crippen molar-refractivity contribution in [2.45, 2.75) is 0 Å². The van der Waals surface area contributed by atoms with Crippen LogP contribution < -0.4 is 34.8 Å². The van der Waals surface area contributed by atoms with Crippen LogP contribution in [0, 0.1) is 0 Å². The Morgan fingerprint density at radius 3 is 1.59 bits per heavy atom. The van der Waals surface area contributed by atoms with Crippen molar-refractivity contribution >= 4 is 23.1 Å². The van der Waals surface area contributed by atoms with E-state index in [0.29, 0.717) is 5.30 Å². The van der Waals surface area contributed by atoms with Crippen molar-refractivity contribution in [3.8, 4) is 16.9 Å². The van der Waals surface area contributed by atoms with Gasteiger partial charge in [-0.15, -0.1) is 0 Å². The molecule has 3 aromatic carbocycles. The van der Waals surface area contributed by atoms with E-state index in [9.17, 15) is 9.67 Å². The molecule has 0 bridgehead atoms. The van der Waals surface area contributed by atoms with Crippen LogP contribution in [0.25, 0.3) is 11.1 Å². The summed E-state index contributed by atoms with van der Waals surface area (Å²) in [7, 11) is -2.99. The number of hydrogen-bond donors (Lipinski definition) is 1. The van der Waals surface area contributed by atoms with E-state index in [0.717, 1.165) is 21.7 Å². The summed E-state index contributed by atoms with van der Waals surface area (Å²) in [6.45, 7) is 0. The van der Waals surface area contributed by atoms with Crippen LogP contribution in [0.1, 0.15) is 1.43 Å². The van der Waals surface area contributed by atoms with Gasteiger partial charge in [-0.3, -0.25) is 0 Å². The van der Waals surface area contributed by atoms with Gasteiger partial charge in [-0.05, 0) is 23.3 Å². The Morgan fingerprint density at radius 2 is 1.09 bits per heavy atom. The maximum absolute atomic E-state index is 13.9. The summed E-state index contributed by atoms with van der Waals surface area (Å²) >= 11 is 0. The maximum atomic E-state index is 13.9. The Balaban J connectivity index is 0.000000960. The molecule has 0 amide bonds. The molecular weight excluding hydrogens is 286 g/mol. The molecule has 1 aliphatic rings. The Bertz CT molecular complexity index is 861. The first-order chi connectivity index (χ1) is 10.2. The van der Waals surface area contributed by atoms with Gasteiger partial charge in [0.15, 0.2) is 7.14 Å². The van der Waals surface area contributed by atoms with Crippen LogP contribution >= 0.6 is 7.14 Å². The van der Waals surface area contributed by atoms with Gasteiger partial charge in [-0.2, -0.15) is 0 Å². The zero-order valence-corrected chi connectivity index (χ0v) is 13.1. The van der Waals surface area contributed by atoms with Gasteiger partial charge >= 0.3 is 18.9 Å². The summed E-state index contributed by atoms with van der Waals surface area (Å²) in [6, 6.07) is 22.4. The SMILES string of the molecule is O=P1(c2ccccc2O)c2ccccc2-c2ccccc21.[H-].[Li+]. The third-order valence-corrected chi connectivity index (χ3v) is 7.19. The van der Waals surface area contributed by atoms with Crippen molar-refractivity contribution < 1.29 is 30.0 Å². The third-order valence-electron chi connectivity index (χ3n) is 4.00. The molecule has 1 aliphatic heterocycles. The van der Waals surface area contributed by atoms with Crippen molar-refractivity contribution in [3.63, 3.8) is 0 Å². The van der Waals surface area contributed by atoms with Gasteiger partial charge in [0.05, 0.1) is 5.30 Å². The zero-order valence-electron chi connectivity index (χ0n) is 13.2. The molecule has 1 N–H and O–H groups in total. The fourth-order valence-corrected chi connectivity index (χ4v) is 6.20. The molecule has 0 spiro atoms. The monoisotopic (exact) mass is 300 g/mol. The minimum Gasteiger partial charge on any atom is -1.00 e. The minimum atomic E-state index is -2.99. The van der Waals surface area contributed by atoms with E-state index in [1.54, 1.807) is 18.2 Å². The zero-order chi connectivity index (χ0) is 14.4. The molecule has 2 nitrogen and oxygen atoms in total. The van der Waals surface area contributed by atoms with Gasteiger partial charge in [0.25, 0.3) is 0 Å². The van der Waals surface area contributed by atoms with Gasteiger partial charge in [-0.1, -0.05) is 60.7 Å². The number of rotatable bonds is 1. The summed E-state index contributed by atoms with van der Waals surface area (Å²) < 4.78 is 13.9. The van der Waals surface area contributed by atoms with Crippen LogP contribution in [0.5, 0.6) is 5.75 Å². The molecule has 0 saturated heterocycles. The van der Waals surface area contributed by atoms with Gasteiger partial charge in [0.2, 0.25) is 0 Å². The molecule has 3 aromatic rings. The average Bonchev–Trinajstić information content (AvgIpc) is 2.79. The Kier molecular flexibility index (Phi) is 3.79. The van der Waals surface area contributed by atoms with E-state index in [1.165, 1.54) is 0 Å².